The maximum Gasteiger partial charge on any atom is 0.174 e. The molecular formula is C10H10O3. The summed E-state index contributed by atoms with van der Waals surface area (Å²) in [5, 5.41) is 0. The minimum atomic E-state index is -0.561. The van der Waals surface area contributed by atoms with E-state index in [4.69, 9.17) is 16.4 Å². The molecule has 0 unspecified atom stereocenters. The highest BCUT2D eigenvalue weighted by Gasteiger charge is 2.13. The van der Waals surface area contributed by atoms with E-state index < -0.39 is 5.78 Å². The van der Waals surface area contributed by atoms with E-state index in [0.717, 1.165) is 0 Å². The van der Waals surface area contributed by atoms with E-state index in [-0.39, 0.29) is 5.56 Å². The number of hydrogen-bond acceptors (Lipinski definition) is 3. The average Bonchev–Trinajstić information content (AvgIpc) is 2.16. The third-order valence-electron chi connectivity index (χ3n) is 1.67. The van der Waals surface area contributed by atoms with Crippen LogP contribution in [-0.4, -0.2) is 20.0 Å². The quantitative estimate of drug-likeness (QED) is 0.659. The Morgan fingerprint density at radius 2 is 1.69 bits per heavy atom. The molecule has 68 valence electrons. The smallest absolute Gasteiger partial charge is 0.174 e. The Morgan fingerprint density at radius 1 is 1.23 bits per heavy atom. The van der Waals surface area contributed by atoms with Gasteiger partial charge in [-0.25, -0.2) is 0 Å². The summed E-state index contributed by atoms with van der Waals surface area (Å²) >= 11 is 0. The van der Waals surface area contributed by atoms with E-state index in [9.17, 15) is 4.79 Å². The van der Waals surface area contributed by atoms with Crippen LogP contribution in [0.25, 0.3) is 0 Å². The monoisotopic (exact) mass is 178 g/mol. The molecule has 1 rings (SSSR count). The van der Waals surface area contributed by atoms with Gasteiger partial charge in [0.2, 0.25) is 0 Å². The molecule has 0 amide bonds. The van der Waals surface area contributed by atoms with Gasteiger partial charge in [0.1, 0.15) is 17.1 Å². The van der Waals surface area contributed by atoms with Crippen LogP contribution in [0.1, 0.15) is 10.4 Å². The molecule has 0 N–H and O–H groups in total. The largest absolute Gasteiger partial charge is 0.496 e. The average molecular weight is 178 g/mol. The summed E-state index contributed by atoms with van der Waals surface area (Å²) in [5.74, 6) is 0.285. The molecule has 0 aliphatic heterocycles. The number of ether oxygens (including phenoxy) is 2. The van der Waals surface area contributed by atoms with Crippen molar-refractivity contribution in [2.45, 2.75) is 0 Å². The predicted molar refractivity (Wildman–Crippen MR) is 48.2 cm³/mol. The lowest BCUT2D eigenvalue weighted by atomic mass is 10.1. The van der Waals surface area contributed by atoms with E-state index in [1.165, 1.54) is 14.2 Å². The summed E-state index contributed by atoms with van der Waals surface area (Å²) in [6.45, 7) is 5.17. The van der Waals surface area contributed by atoms with Crippen molar-refractivity contribution in [3.8, 4) is 11.5 Å². The second-order valence-corrected chi connectivity index (χ2v) is 2.40. The van der Waals surface area contributed by atoms with Crippen molar-refractivity contribution in [1.29, 1.82) is 0 Å². The van der Waals surface area contributed by atoms with Gasteiger partial charge in [-0.15, -0.1) is 0 Å². The van der Waals surface area contributed by atoms with Crippen LogP contribution in [0.15, 0.2) is 18.2 Å². The number of hydrogen-bond donors (Lipinski definition) is 0. The Labute approximate surface area is 77.3 Å². The number of Topliss-reactive ketones (excluding diaryl/α,β-unsaturated/α-hetero) is 1. The zero-order chi connectivity index (χ0) is 9.84. The Bertz CT molecular complexity index is 296. The number of carbonyl (C=O) groups excluding carboxylic acids is 1. The molecule has 0 heterocycles. The second-order valence-electron chi connectivity index (χ2n) is 2.40. The summed E-state index contributed by atoms with van der Waals surface area (Å²) in [4.78, 5) is 11.0. The number of rotatable bonds is 3. The fourth-order valence-electron chi connectivity index (χ4n) is 1.09. The summed E-state index contributed by atoms with van der Waals surface area (Å²) in [6, 6.07) is 5.04. The highest BCUT2D eigenvalue weighted by Crippen LogP contribution is 2.28. The van der Waals surface area contributed by atoms with E-state index >= 15 is 0 Å². The summed E-state index contributed by atoms with van der Waals surface area (Å²) in [6.07, 6.45) is 0. The van der Waals surface area contributed by atoms with Crippen molar-refractivity contribution in [2.24, 2.45) is 0 Å². The van der Waals surface area contributed by atoms with Gasteiger partial charge in [0.15, 0.2) is 5.78 Å². The standard InChI is InChI=1S/C10H10O3/c1-7(11)10-8(12-2)5-4-6-9(10)13-3/h1,4-6H,2-3H3. The SMILES string of the molecule is [CH]C(=O)c1c(OC)cccc1OC. The van der Waals surface area contributed by atoms with E-state index in [1.807, 2.05) is 0 Å². The maximum absolute atomic E-state index is 11.0. The second kappa shape index (κ2) is 3.94. The molecule has 0 spiro atoms. The van der Waals surface area contributed by atoms with Crippen molar-refractivity contribution >= 4 is 5.78 Å². The van der Waals surface area contributed by atoms with E-state index in [0.29, 0.717) is 11.5 Å². The van der Waals surface area contributed by atoms with Crippen LogP contribution in [-0.2, 0) is 0 Å². The fraction of sp³-hybridized carbons (Fsp3) is 0.200. The first kappa shape index (κ1) is 9.58. The van der Waals surface area contributed by atoms with Crippen molar-refractivity contribution < 1.29 is 14.3 Å². The van der Waals surface area contributed by atoms with Gasteiger partial charge in [0.05, 0.1) is 14.2 Å². The molecule has 0 aliphatic carbocycles. The number of carbonyl (C=O) groups is 1. The highest BCUT2D eigenvalue weighted by molar-refractivity contribution is 6.04. The highest BCUT2D eigenvalue weighted by atomic mass is 16.5. The molecule has 0 saturated carbocycles. The normalized spacial score (nSPS) is 9.46. The van der Waals surface area contributed by atoms with Gasteiger partial charge in [0, 0.05) is 6.92 Å². The van der Waals surface area contributed by atoms with Crippen molar-refractivity contribution in [3.05, 3.63) is 30.7 Å². The molecule has 0 aliphatic rings. The molecule has 3 heteroatoms. The zero-order valence-electron chi connectivity index (χ0n) is 7.53. The van der Waals surface area contributed by atoms with Gasteiger partial charge in [0.25, 0.3) is 0 Å². The first-order valence-corrected chi connectivity index (χ1v) is 3.71. The lowest BCUT2D eigenvalue weighted by Gasteiger charge is -2.09. The molecule has 0 bridgehead atoms. The third-order valence-corrected chi connectivity index (χ3v) is 1.67. The van der Waals surface area contributed by atoms with Crippen molar-refractivity contribution in [2.75, 3.05) is 14.2 Å². The fourth-order valence-corrected chi connectivity index (χ4v) is 1.09. The van der Waals surface area contributed by atoms with Crippen LogP contribution >= 0.6 is 0 Å². The van der Waals surface area contributed by atoms with Gasteiger partial charge in [-0.05, 0) is 12.1 Å². The van der Waals surface area contributed by atoms with Crippen LogP contribution < -0.4 is 9.47 Å². The lowest BCUT2D eigenvalue weighted by Crippen LogP contribution is -2.01. The van der Waals surface area contributed by atoms with Gasteiger partial charge in [-0.3, -0.25) is 4.79 Å². The molecule has 0 atom stereocenters. The van der Waals surface area contributed by atoms with Crippen LogP contribution in [0.4, 0.5) is 0 Å². The van der Waals surface area contributed by atoms with Gasteiger partial charge in [-0.1, -0.05) is 6.07 Å². The minimum absolute atomic E-state index is 0.271. The Hall–Kier alpha value is -1.51. The molecule has 1 aromatic rings. The maximum atomic E-state index is 11.0. The Morgan fingerprint density at radius 3 is 2.00 bits per heavy atom. The van der Waals surface area contributed by atoms with Crippen LogP contribution in [0.2, 0.25) is 0 Å². The minimum Gasteiger partial charge on any atom is -0.496 e. The topological polar surface area (TPSA) is 35.5 Å². The third kappa shape index (κ3) is 1.80. The molecule has 13 heavy (non-hydrogen) atoms. The van der Waals surface area contributed by atoms with E-state index in [1.54, 1.807) is 18.2 Å². The summed E-state index contributed by atoms with van der Waals surface area (Å²) < 4.78 is 9.94. The van der Waals surface area contributed by atoms with Gasteiger partial charge < -0.3 is 9.47 Å². The first-order valence-electron chi connectivity index (χ1n) is 3.71. The Balaban J connectivity index is 3.29. The lowest BCUT2D eigenvalue weighted by molar-refractivity contribution is 0.103. The molecule has 0 aromatic heterocycles. The molecule has 2 radical (unpaired) electrons. The zero-order valence-corrected chi connectivity index (χ0v) is 7.53. The summed E-state index contributed by atoms with van der Waals surface area (Å²) in [5.41, 5.74) is 0.271. The number of methoxy groups -OCH3 is 2. The number of ketones is 1. The molecule has 1 aromatic carbocycles. The summed E-state index contributed by atoms with van der Waals surface area (Å²) in [7, 11) is 2.95. The molecule has 3 nitrogen and oxygen atoms in total. The Kier molecular flexibility index (Phi) is 2.90. The molecule has 0 saturated heterocycles. The van der Waals surface area contributed by atoms with Crippen LogP contribution in [0, 0.1) is 6.92 Å². The van der Waals surface area contributed by atoms with Gasteiger partial charge in [-0.2, -0.15) is 0 Å². The van der Waals surface area contributed by atoms with E-state index in [2.05, 4.69) is 0 Å². The molecule has 0 fully saturated rings. The first-order chi connectivity index (χ1) is 6.20. The predicted octanol–water partition coefficient (Wildman–Crippen LogP) is 1.60. The molecular weight excluding hydrogens is 168 g/mol. The van der Waals surface area contributed by atoms with Crippen molar-refractivity contribution in [3.63, 3.8) is 0 Å². The van der Waals surface area contributed by atoms with Crippen LogP contribution in [0.5, 0.6) is 11.5 Å². The van der Waals surface area contributed by atoms with Gasteiger partial charge >= 0.3 is 0 Å². The number of benzene rings is 1. The van der Waals surface area contributed by atoms with Crippen LogP contribution in [0.3, 0.4) is 0 Å². The van der Waals surface area contributed by atoms with Crippen molar-refractivity contribution in [1.82, 2.24) is 0 Å².